The third kappa shape index (κ3) is 4.14. The van der Waals surface area contributed by atoms with E-state index in [4.69, 9.17) is 16.6 Å². The molecule has 1 aliphatic rings. The summed E-state index contributed by atoms with van der Waals surface area (Å²) >= 11 is 6.03. The lowest BCUT2D eigenvalue weighted by molar-refractivity contribution is 0.647. The molecule has 0 bridgehead atoms. The first-order valence-corrected chi connectivity index (χ1v) is 9.48. The van der Waals surface area contributed by atoms with Gasteiger partial charge in [0.05, 0.1) is 0 Å². The van der Waals surface area contributed by atoms with Crippen molar-refractivity contribution in [3.8, 4) is 0 Å². The van der Waals surface area contributed by atoms with Crippen LogP contribution in [0.1, 0.15) is 5.56 Å². The number of aromatic nitrogens is 2. The summed E-state index contributed by atoms with van der Waals surface area (Å²) in [6.45, 7) is 5.84. The number of para-hydroxylation sites is 1. The van der Waals surface area contributed by atoms with E-state index in [9.17, 15) is 0 Å². The number of hydrogen-bond donors (Lipinski definition) is 1. The van der Waals surface area contributed by atoms with Crippen molar-refractivity contribution in [2.24, 2.45) is 0 Å². The third-order valence-corrected chi connectivity index (χ3v) is 5.04. The predicted octanol–water partition coefficient (Wildman–Crippen LogP) is 4.51. The molecule has 27 heavy (non-hydrogen) atoms. The van der Waals surface area contributed by atoms with Crippen LogP contribution in [-0.4, -0.2) is 36.1 Å². The molecular formula is C21H22ClN5. The standard InChI is InChI=1S/C21H22ClN5/c1-16-15-17(22)7-8-19(16)24-21-23-10-9-20(25-21)27-13-11-26(12-14-27)18-5-3-2-4-6-18/h2-10,15H,11-14H2,1H3,(H,23,24,25). The predicted molar refractivity (Wildman–Crippen MR) is 112 cm³/mol. The van der Waals surface area contributed by atoms with E-state index in [1.54, 1.807) is 6.20 Å². The number of nitrogens with one attached hydrogen (secondary N) is 1. The van der Waals surface area contributed by atoms with Crippen molar-refractivity contribution in [3.63, 3.8) is 0 Å². The SMILES string of the molecule is Cc1cc(Cl)ccc1Nc1nccc(N2CCN(c3ccccc3)CC2)n1. The maximum absolute atomic E-state index is 6.03. The number of rotatable bonds is 4. The molecule has 0 radical (unpaired) electrons. The Labute approximate surface area is 164 Å². The zero-order valence-corrected chi connectivity index (χ0v) is 16.0. The maximum Gasteiger partial charge on any atom is 0.229 e. The molecule has 138 valence electrons. The van der Waals surface area contributed by atoms with Crippen LogP contribution in [0.15, 0.2) is 60.8 Å². The number of anilines is 4. The summed E-state index contributed by atoms with van der Waals surface area (Å²) in [5.74, 6) is 1.55. The summed E-state index contributed by atoms with van der Waals surface area (Å²) in [5.41, 5.74) is 3.30. The number of piperazine rings is 1. The van der Waals surface area contributed by atoms with Crippen LogP contribution in [0, 0.1) is 6.92 Å². The molecule has 6 heteroatoms. The van der Waals surface area contributed by atoms with Crippen LogP contribution in [0.2, 0.25) is 5.02 Å². The van der Waals surface area contributed by atoms with Crippen molar-refractivity contribution >= 4 is 34.7 Å². The van der Waals surface area contributed by atoms with Crippen molar-refractivity contribution in [1.29, 1.82) is 0 Å². The lowest BCUT2D eigenvalue weighted by Gasteiger charge is -2.36. The molecule has 0 aliphatic carbocycles. The topological polar surface area (TPSA) is 44.3 Å². The summed E-state index contributed by atoms with van der Waals surface area (Å²) in [6, 6.07) is 18.3. The summed E-state index contributed by atoms with van der Waals surface area (Å²) in [6.07, 6.45) is 1.81. The van der Waals surface area contributed by atoms with E-state index in [-0.39, 0.29) is 0 Å². The van der Waals surface area contributed by atoms with Gasteiger partial charge in [-0.2, -0.15) is 4.98 Å². The number of nitrogens with zero attached hydrogens (tertiary/aromatic N) is 4. The molecule has 0 amide bonds. The molecule has 4 rings (SSSR count). The first kappa shape index (κ1) is 17.6. The molecule has 5 nitrogen and oxygen atoms in total. The van der Waals surface area contributed by atoms with E-state index in [2.05, 4.69) is 50.4 Å². The minimum absolute atomic E-state index is 0.600. The van der Waals surface area contributed by atoms with Crippen LogP contribution in [0.4, 0.5) is 23.1 Å². The van der Waals surface area contributed by atoms with Crippen molar-refractivity contribution in [2.45, 2.75) is 6.92 Å². The van der Waals surface area contributed by atoms with E-state index < -0.39 is 0 Å². The van der Waals surface area contributed by atoms with Crippen molar-refractivity contribution in [2.75, 3.05) is 41.3 Å². The Hall–Kier alpha value is -2.79. The van der Waals surface area contributed by atoms with E-state index in [1.807, 2.05) is 31.2 Å². The van der Waals surface area contributed by atoms with E-state index in [0.717, 1.165) is 48.3 Å². The van der Waals surface area contributed by atoms with Gasteiger partial charge in [0, 0.05) is 48.8 Å². The average molecular weight is 380 g/mol. The van der Waals surface area contributed by atoms with Crippen molar-refractivity contribution < 1.29 is 0 Å². The molecule has 1 saturated heterocycles. The number of benzene rings is 2. The molecule has 2 aromatic carbocycles. The highest BCUT2D eigenvalue weighted by Crippen LogP contribution is 2.24. The van der Waals surface area contributed by atoms with Crippen molar-refractivity contribution in [1.82, 2.24) is 9.97 Å². The van der Waals surface area contributed by atoms with Gasteiger partial charge in [-0.05, 0) is 48.9 Å². The van der Waals surface area contributed by atoms with Crippen LogP contribution in [-0.2, 0) is 0 Å². The quantitative estimate of drug-likeness (QED) is 0.722. The fourth-order valence-electron chi connectivity index (χ4n) is 3.31. The maximum atomic E-state index is 6.03. The molecular weight excluding hydrogens is 358 g/mol. The van der Waals surface area contributed by atoms with Gasteiger partial charge in [-0.25, -0.2) is 4.98 Å². The monoisotopic (exact) mass is 379 g/mol. The van der Waals surface area contributed by atoms with Crippen molar-refractivity contribution in [3.05, 3.63) is 71.4 Å². The van der Waals surface area contributed by atoms with Gasteiger partial charge in [0.15, 0.2) is 0 Å². The van der Waals surface area contributed by atoms with E-state index in [0.29, 0.717) is 5.95 Å². The number of halogens is 1. The van der Waals surface area contributed by atoms with E-state index >= 15 is 0 Å². The molecule has 0 spiro atoms. The zero-order chi connectivity index (χ0) is 18.6. The van der Waals surface area contributed by atoms with Gasteiger partial charge >= 0.3 is 0 Å². The molecule has 1 aromatic heterocycles. The minimum atomic E-state index is 0.600. The molecule has 0 atom stereocenters. The molecule has 3 aromatic rings. The zero-order valence-electron chi connectivity index (χ0n) is 15.3. The molecule has 0 saturated carbocycles. The molecule has 1 N–H and O–H groups in total. The Morgan fingerprint density at radius 3 is 2.41 bits per heavy atom. The Morgan fingerprint density at radius 1 is 0.926 bits per heavy atom. The van der Waals surface area contributed by atoms with Gasteiger partial charge in [0.2, 0.25) is 5.95 Å². The fraction of sp³-hybridized carbons (Fsp3) is 0.238. The minimum Gasteiger partial charge on any atom is -0.368 e. The third-order valence-electron chi connectivity index (χ3n) is 4.80. The Balaban J connectivity index is 1.44. The van der Waals surface area contributed by atoms with Crippen LogP contribution in [0.3, 0.4) is 0 Å². The van der Waals surface area contributed by atoms with Gasteiger partial charge in [0.1, 0.15) is 5.82 Å². The Bertz CT molecular complexity index is 907. The first-order valence-electron chi connectivity index (χ1n) is 9.10. The second-order valence-electron chi connectivity index (χ2n) is 6.63. The average Bonchev–Trinajstić information content (AvgIpc) is 2.71. The lowest BCUT2D eigenvalue weighted by atomic mass is 10.2. The summed E-state index contributed by atoms with van der Waals surface area (Å²) < 4.78 is 0. The van der Waals surface area contributed by atoms with Crippen LogP contribution in [0.25, 0.3) is 0 Å². The van der Waals surface area contributed by atoms with Crippen LogP contribution >= 0.6 is 11.6 Å². The number of hydrogen-bond acceptors (Lipinski definition) is 5. The summed E-state index contributed by atoms with van der Waals surface area (Å²) in [4.78, 5) is 13.8. The van der Waals surface area contributed by atoms with Gasteiger partial charge in [-0.15, -0.1) is 0 Å². The van der Waals surface area contributed by atoms with Gasteiger partial charge in [0.25, 0.3) is 0 Å². The molecule has 1 fully saturated rings. The van der Waals surface area contributed by atoms with Gasteiger partial charge in [-0.3, -0.25) is 0 Å². The van der Waals surface area contributed by atoms with Crippen LogP contribution in [0.5, 0.6) is 0 Å². The summed E-state index contributed by atoms with van der Waals surface area (Å²) in [5, 5.41) is 4.02. The highest BCUT2D eigenvalue weighted by molar-refractivity contribution is 6.30. The largest absolute Gasteiger partial charge is 0.368 e. The van der Waals surface area contributed by atoms with Gasteiger partial charge < -0.3 is 15.1 Å². The normalized spacial score (nSPS) is 14.3. The fourth-order valence-corrected chi connectivity index (χ4v) is 3.53. The Morgan fingerprint density at radius 2 is 1.67 bits per heavy atom. The number of aryl methyl sites for hydroxylation is 1. The second kappa shape index (κ2) is 7.84. The smallest absolute Gasteiger partial charge is 0.229 e. The highest BCUT2D eigenvalue weighted by Gasteiger charge is 2.18. The molecule has 2 heterocycles. The molecule has 0 unspecified atom stereocenters. The van der Waals surface area contributed by atoms with Gasteiger partial charge in [-0.1, -0.05) is 29.8 Å². The molecule has 1 aliphatic heterocycles. The summed E-state index contributed by atoms with van der Waals surface area (Å²) in [7, 11) is 0. The van der Waals surface area contributed by atoms with E-state index in [1.165, 1.54) is 5.69 Å². The Kier molecular flexibility index (Phi) is 5.12. The second-order valence-corrected chi connectivity index (χ2v) is 7.07. The first-order chi connectivity index (χ1) is 13.2. The highest BCUT2D eigenvalue weighted by atomic mass is 35.5. The lowest BCUT2D eigenvalue weighted by Crippen LogP contribution is -2.46. The van der Waals surface area contributed by atoms with Crippen LogP contribution < -0.4 is 15.1 Å².